The fourth-order valence-corrected chi connectivity index (χ4v) is 3.45. The molecule has 2 rings (SSSR count). The number of hydrogen-bond donors (Lipinski definition) is 1. The molecular weight excluding hydrogens is 212 g/mol. The number of nitrogens with zero attached hydrogens (tertiary/aromatic N) is 1. The van der Waals surface area contributed by atoms with Gasteiger partial charge < -0.3 is 10.2 Å². The lowest BCUT2D eigenvalue weighted by Crippen LogP contribution is -2.49. The second-order valence-electron chi connectivity index (χ2n) is 6.23. The molecule has 0 aromatic rings. The van der Waals surface area contributed by atoms with Gasteiger partial charge in [-0.1, -0.05) is 19.8 Å². The van der Waals surface area contributed by atoms with Gasteiger partial charge in [0.15, 0.2) is 0 Å². The van der Waals surface area contributed by atoms with Crippen molar-refractivity contribution < 1.29 is 4.79 Å². The van der Waals surface area contributed by atoms with Gasteiger partial charge in [-0.05, 0) is 38.6 Å². The fourth-order valence-electron chi connectivity index (χ4n) is 3.45. The Labute approximate surface area is 105 Å². The lowest BCUT2D eigenvalue weighted by atomic mass is 9.82. The number of carbonyl (C=O) groups is 1. The molecule has 1 heterocycles. The van der Waals surface area contributed by atoms with Gasteiger partial charge in [-0.3, -0.25) is 4.79 Å². The molecule has 1 aliphatic heterocycles. The maximum Gasteiger partial charge on any atom is 0.229 e. The minimum atomic E-state index is -0.161. The van der Waals surface area contributed by atoms with Gasteiger partial charge >= 0.3 is 0 Å². The Morgan fingerprint density at radius 1 is 1.35 bits per heavy atom. The minimum Gasteiger partial charge on any atom is -0.342 e. The van der Waals surface area contributed by atoms with Crippen LogP contribution in [0.1, 0.15) is 46.0 Å². The number of rotatable bonds is 2. The van der Waals surface area contributed by atoms with Crippen LogP contribution in [0.3, 0.4) is 0 Å². The predicted molar refractivity (Wildman–Crippen MR) is 69.8 cm³/mol. The maximum absolute atomic E-state index is 12.6. The first-order valence-corrected chi connectivity index (χ1v) is 7.02. The van der Waals surface area contributed by atoms with E-state index >= 15 is 0 Å². The first kappa shape index (κ1) is 12.9. The molecule has 2 fully saturated rings. The van der Waals surface area contributed by atoms with E-state index in [-0.39, 0.29) is 5.41 Å². The lowest BCUT2D eigenvalue weighted by molar-refractivity contribution is -0.142. The quantitative estimate of drug-likeness (QED) is 0.798. The summed E-state index contributed by atoms with van der Waals surface area (Å²) in [4.78, 5) is 14.7. The van der Waals surface area contributed by atoms with Crippen LogP contribution in [0, 0.1) is 11.3 Å². The summed E-state index contributed by atoms with van der Waals surface area (Å²) in [7, 11) is 2.01. The second-order valence-corrected chi connectivity index (χ2v) is 6.23. The molecule has 0 aromatic heterocycles. The molecule has 3 atom stereocenters. The van der Waals surface area contributed by atoms with Crippen molar-refractivity contribution in [2.75, 3.05) is 20.1 Å². The lowest BCUT2D eigenvalue weighted by Gasteiger charge is -2.39. The summed E-state index contributed by atoms with van der Waals surface area (Å²) in [6.07, 6.45) is 6.06. The van der Waals surface area contributed by atoms with E-state index in [1.807, 2.05) is 7.05 Å². The summed E-state index contributed by atoms with van der Waals surface area (Å²) in [6, 6.07) is 0.466. The Kier molecular flexibility index (Phi) is 3.76. The highest BCUT2D eigenvalue weighted by atomic mass is 16.2. The van der Waals surface area contributed by atoms with E-state index in [2.05, 4.69) is 24.1 Å². The van der Waals surface area contributed by atoms with Gasteiger partial charge in [0.1, 0.15) is 0 Å². The largest absolute Gasteiger partial charge is 0.342 e. The molecule has 0 aromatic carbocycles. The monoisotopic (exact) mass is 238 g/mol. The van der Waals surface area contributed by atoms with Crippen LogP contribution in [0.5, 0.6) is 0 Å². The van der Waals surface area contributed by atoms with Crippen molar-refractivity contribution in [3.8, 4) is 0 Å². The van der Waals surface area contributed by atoms with E-state index < -0.39 is 0 Å². The van der Waals surface area contributed by atoms with E-state index in [0.29, 0.717) is 17.9 Å². The molecule has 3 unspecified atom stereocenters. The maximum atomic E-state index is 12.6. The minimum absolute atomic E-state index is 0.161. The van der Waals surface area contributed by atoms with E-state index in [4.69, 9.17) is 0 Å². The van der Waals surface area contributed by atoms with E-state index in [9.17, 15) is 4.79 Å². The third-order valence-electron chi connectivity index (χ3n) is 4.77. The van der Waals surface area contributed by atoms with Gasteiger partial charge in [-0.25, -0.2) is 0 Å². The molecule has 1 aliphatic carbocycles. The van der Waals surface area contributed by atoms with Crippen LogP contribution in [-0.2, 0) is 4.79 Å². The SMILES string of the molecule is CC1CCCCC1N(C)C(=O)C1(C)CCNC1. The van der Waals surface area contributed by atoms with Crippen LogP contribution in [0.2, 0.25) is 0 Å². The zero-order valence-corrected chi connectivity index (χ0v) is 11.5. The summed E-state index contributed by atoms with van der Waals surface area (Å²) in [6.45, 7) is 6.23. The van der Waals surface area contributed by atoms with Crippen molar-refractivity contribution in [2.24, 2.45) is 11.3 Å². The molecule has 1 amide bonds. The highest BCUT2D eigenvalue weighted by Gasteiger charge is 2.41. The Balaban J connectivity index is 2.03. The normalized spacial score (nSPS) is 38.1. The van der Waals surface area contributed by atoms with Gasteiger partial charge in [-0.15, -0.1) is 0 Å². The van der Waals surface area contributed by atoms with Gasteiger partial charge in [-0.2, -0.15) is 0 Å². The average Bonchev–Trinajstić information content (AvgIpc) is 2.76. The first-order valence-electron chi connectivity index (χ1n) is 7.02. The van der Waals surface area contributed by atoms with Crippen LogP contribution in [0.25, 0.3) is 0 Å². The van der Waals surface area contributed by atoms with Crippen LogP contribution >= 0.6 is 0 Å². The van der Waals surface area contributed by atoms with Crippen LogP contribution < -0.4 is 5.32 Å². The molecule has 2 aliphatic rings. The highest BCUT2D eigenvalue weighted by Crippen LogP contribution is 2.32. The molecule has 3 nitrogen and oxygen atoms in total. The summed E-state index contributed by atoms with van der Waals surface area (Å²) in [5, 5.41) is 3.32. The third kappa shape index (κ3) is 2.49. The fraction of sp³-hybridized carbons (Fsp3) is 0.929. The van der Waals surface area contributed by atoms with Gasteiger partial charge in [0.05, 0.1) is 5.41 Å². The third-order valence-corrected chi connectivity index (χ3v) is 4.77. The standard InChI is InChI=1S/C14H26N2O/c1-11-6-4-5-7-12(11)16(3)13(17)14(2)8-9-15-10-14/h11-12,15H,4-10H2,1-3H3. The molecule has 0 bridgehead atoms. The van der Waals surface area contributed by atoms with Crippen molar-refractivity contribution in [1.29, 1.82) is 0 Å². The molecule has 1 saturated heterocycles. The Morgan fingerprint density at radius 2 is 2.06 bits per heavy atom. The summed E-state index contributed by atoms with van der Waals surface area (Å²) in [5.41, 5.74) is -0.161. The average molecular weight is 238 g/mol. The molecule has 1 saturated carbocycles. The summed E-state index contributed by atoms with van der Waals surface area (Å²) >= 11 is 0. The molecule has 0 spiro atoms. The Hall–Kier alpha value is -0.570. The van der Waals surface area contributed by atoms with E-state index in [1.165, 1.54) is 25.7 Å². The predicted octanol–water partition coefficient (Wildman–Crippen LogP) is 2.02. The molecular formula is C14H26N2O. The number of hydrogen-bond acceptors (Lipinski definition) is 2. The molecule has 17 heavy (non-hydrogen) atoms. The van der Waals surface area contributed by atoms with Gasteiger partial charge in [0.25, 0.3) is 0 Å². The smallest absolute Gasteiger partial charge is 0.229 e. The second kappa shape index (κ2) is 4.97. The number of nitrogens with one attached hydrogen (secondary N) is 1. The van der Waals surface area contributed by atoms with E-state index in [1.54, 1.807) is 0 Å². The number of carbonyl (C=O) groups excluding carboxylic acids is 1. The van der Waals surface area contributed by atoms with Crippen LogP contribution in [0.15, 0.2) is 0 Å². The van der Waals surface area contributed by atoms with Crippen molar-refractivity contribution >= 4 is 5.91 Å². The van der Waals surface area contributed by atoms with Gasteiger partial charge in [0, 0.05) is 19.6 Å². The van der Waals surface area contributed by atoms with Gasteiger partial charge in [0.2, 0.25) is 5.91 Å². The van der Waals surface area contributed by atoms with Crippen molar-refractivity contribution in [2.45, 2.75) is 52.0 Å². The molecule has 0 radical (unpaired) electrons. The van der Waals surface area contributed by atoms with Crippen molar-refractivity contribution in [1.82, 2.24) is 10.2 Å². The number of amides is 1. The Morgan fingerprint density at radius 3 is 2.65 bits per heavy atom. The van der Waals surface area contributed by atoms with Crippen molar-refractivity contribution in [3.63, 3.8) is 0 Å². The summed E-state index contributed by atoms with van der Waals surface area (Å²) in [5.74, 6) is 1.01. The highest BCUT2D eigenvalue weighted by molar-refractivity contribution is 5.83. The zero-order chi connectivity index (χ0) is 12.5. The molecule has 3 heteroatoms. The van der Waals surface area contributed by atoms with Crippen molar-refractivity contribution in [3.05, 3.63) is 0 Å². The molecule has 1 N–H and O–H groups in total. The van der Waals surface area contributed by atoms with Crippen LogP contribution in [-0.4, -0.2) is 37.0 Å². The topological polar surface area (TPSA) is 32.3 Å². The zero-order valence-electron chi connectivity index (χ0n) is 11.5. The van der Waals surface area contributed by atoms with E-state index in [0.717, 1.165) is 19.5 Å². The summed E-state index contributed by atoms with van der Waals surface area (Å²) < 4.78 is 0. The Bertz CT molecular complexity index is 284. The molecule has 98 valence electrons. The first-order chi connectivity index (χ1) is 8.04. The van der Waals surface area contributed by atoms with Crippen LogP contribution in [0.4, 0.5) is 0 Å².